The molecule has 4 nitrogen and oxygen atoms in total. The van der Waals surface area contributed by atoms with Crippen LogP contribution in [0.1, 0.15) is 32.1 Å². The van der Waals surface area contributed by atoms with E-state index in [0.29, 0.717) is 6.04 Å². The van der Waals surface area contributed by atoms with Crippen LogP contribution in [0, 0.1) is 5.92 Å². The molecule has 1 aliphatic rings. The summed E-state index contributed by atoms with van der Waals surface area (Å²) in [6.07, 6.45) is 6.22. The number of hydrogen-bond donors (Lipinski definition) is 2. The van der Waals surface area contributed by atoms with E-state index in [4.69, 9.17) is 5.11 Å². The fraction of sp³-hybridized carbons (Fsp3) is 0.909. The molecule has 0 bridgehead atoms. The number of carbonyl (C=O) groups is 1. The van der Waals surface area contributed by atoms with Crippen LogP contribution in [-0.4, -0.2) is 39.9 Å². The summed E-state index contributed by atoms with van der Waals surface area (Å²) in [7, 11) is -0.720. The average molecular weight is 247 g/mol. The van der Waals surface area contributed by atoms with E-state index in [1.807, 2.05) is 0 Å². The van der Waals surface area contributed by atoms with Crippen LogP contribution in [0.15, 0.2) is 0 Å². The van der Waals surface area contributed by atoms with Gasteiger partial charge in [0.25, 0.3) is 0 Å². The Morgan fingerprint density at radius 3 is 2.88 bits per heavy atom. The molecule has 0 aromatic heterocycles. The van der Waals surface area contributed by atoms with Crippen LogP contribution < -0.4 is 5.32 Å². The first-order valence-corrected chi connectivity index (χ1v) is 7.58. The number of hydrogen-bond acceptors (Lipinski definition) is 3. The Labute approximate surface area is 99.3 Å². The first kappa shape index (κ1) is 13.6. The van der Waals surface area contributed by atoms with Gasteiger partial charge in [0.1, 0.15) is 0 Å². The van der Waals surface area contributed by atoms with Gasteiger partial charge in [0.05, 0.1) is 5.92 Å². The Kier molecular flexibility index (Phi) is 5.98. The predicted octanol–water partition coefficient (Wildman–Crippen LogP) is 0.988. The lowest BCUT2D eigenvalue weighted by Crippen LogP contribution is -2.37. The zero-order valence-electron chi connectivity index (χ0n) is 9.78. The van der Waals surface area contributed by atoms with E-state index >= 15 is 0 Å². The second-order valence-corrected chi connectivity index (χ2v) is 6.04. The number of aliphatic carboxylic acids is 1. The minimum absolute atomic E-state index is 0.174. The maximum Gasteiger partial charge on any atom is 0.306 e. The lowest BCUT2D eigenvalue weighted by atomic mass is 9.86. The van der Waals surface area contributed by atoms with Crippen LogP contribution in [0.5, 0.6) is 0 Å². The second-order valence-electron chi connectivity index (χ2n) is 4.48. The molecule has 3 unspecified atom stereocenters. The summed E-state index contributed by atoms with van der Waals surface area (Å²) in [5, 5.41) is 12.3. The van der Waals surface area contributed by atoms with Crippen molar-refractivity contribution >= 4 is 16.8 Å². The van der Waals surface area contributed by atoms with E-state index in [1.165, 1.54) is 0 Å². The number of carboxylic acid groups (broad SMARTS) is 1. The predicted molar refractivity (Wildman–Crippen MR) is 64.9 cm³/mol. The molecule has 0 saturated heterocycles. The van der Waals surface area contributed by atoms with Gasteiger partial charge in [-0.05, 0) is 32.2 Å². The van der Waals surface area contributed by atoms with Gasteiger partial charge in [-0.2, -0.15) is 0 Å². The smallest absolute Gasteiger partial charge is 0.306 e. The molecule has 16 heavy (non-hydrogen) atoms. The van der Waals surface area contributed by atoms with Gasteiger partial charge in [-0.3, -0.25) is 9.00 Å². The first-order chi connectivity index (χ1) is 7.59. The van der Waals surface area contributed by atoms with Crippen LogP contribution in [0.25, 0.3) is 0 Å². The van der Waals surface area contributed by atoms with Crippen molar-refractivity contribution in [1.82, 2.24) is 5.32 Å². The maximum atomic E-state index is 10.9. The Morgan fingerprint density at radius 2 is 2.25 bits per heavy atom. The monoisotopic (exact) mass is 247 g/mol. The molecule has 94 valence electrons. The standard InChI is InChI=1S/C11H21NO3S/c1-16(15)7-3-6-12-10-5-2-4-9(8-10)11(13)14/h9-10,12H,2-8H2,1H3,(H,13,14). The molecule has 0 radical (unpaired) electrons. The van der Waals surface area contributed by atoms with Crippen molar-refractivity contribution in [3.05, 3.63) is 0 Å². The zero-order chi connectivity index (χ0) is 12.0. The molecule has 1 fully saturated rings. The van der Waals surface area contributed by atoms with Gasteiger partial charge in [-0.1, -0.05) is 6.42 Å². The second kappa shape index (κ2) is 7.01. The summed E-state index contributed by atoms with van der Waals surface area (Å²) >= 11 is 0. The van der Waals surface area contributed by atoms with Crippen LogP contribution in [0.2, 0.25) is 0 Å². The molecular weight excluding hydrogens is 226 g/mol. The molecule has 1 saturated carbocycles. The summed E-state index contributed by atoms with van der Waals surface area (Å²) in [4.78, 5) is 10.9. The third kappa shape index (κ3) is 5.07. The van der Waals surface area contributed by atoms with E-state index in [9.17, 15) is 9.00 Å². The van der Waals surface area contributed by atoms with Gasteiger partial charge >= 0.3 is 5.97 Å². The van der Waals surface area contributed by atoms with Crippen molar-refractivity contribution in [2.75, 3.05) is 18.6 Å². The van der Waals surface area contributed by atoms with E-state index in [0.717, 1.165) is 44.4 Å². The number of nitrogens with one attached hydrogen (secondary N) is 1. The molecule has 5 heteroatoms. The summed E-state index contributed by atoms with van der Waals surface area (Å²) in [6, 6.07) is 0.333. The van der Waals surface area contributed by atoms with Crippen LogP contribution in [0.4, 0.5) is 0 Å². The molecule has 0 aliphatic heterocycles. The van der Waals surface area contributed by atoms with E-state index in [-0.39, 0.29) is 5.92 Å². The highest BCUT2D eigenvalue weighted by Crippen LogP contribution is 2.24. The molecule has 0 aromatic carbocycles. The Morgan fingerprint density at radius 1 is 1.50 bits per heavy atom. The topological polar surface area (TPSA) is 66.4 Å². The molecule has 0 aromatic rings. The van der Waals surface area contributed by atoms with Crippen molar-refractivity contribution in [3.63, 3.8) is 0 Å². The minimum Gasteiger partial charge on any atom is -0.481 e. The third-order valence-electron chi connectivity index (χ3n) is 3.07. The number of carboxylic acids is 1. The molecular formula is C11H21NO3S. The lowest BCUT2D eigenvalue weighted by Gasteiger charge is -2.27. The third-order valence-corrected chi connectivity index (χ3v) is 3.93. The van der Waals surface area contributed by atoms with Crippen molar-refractivity contribution in [1.29, 1.82) is 0 Å². The molecule has 1 rings (SSSR count). The SMILES string of the molecule is CS(=O)CCCNC1CCCC(C(=O)O)C1. The molecule has 0 amide bonds. The minimum atomic E-state index is -0.720. The zero-order valence-corrected chi connectivity index (χ0v) is 10.6. The highest BCUT2D eigenvalue weighted by atomic mass is 32.2. The molecule has 0 spiro atoms. The van der Waals surface area contributed by atoms with Crippen molar-refractivity contribution in [3.8, 4) is 0 Å². The van der Waals surface area contributed by atoms with E-state index in [1.54, 1.807) is 6.26 Å². The highest BCUT2D eigenvalue weighted by molar-refractivity contribution is 7.84. The summed E-state index contributed by atoms with van der Waals surface area (Å²) in [5.74, 6) is -0.116. The molecule has 3 atom stereocenters. The highest BCUT2D eigenvalue weighted by Gasteiger charge is 2.26. The molecule has 2 N–H and O–H groups in total. The fourth-order valence-corrected chi connectivity index (χ4v) is 2.73. The van der Waals surface area contributed by atoms with E-state index < -0.39 is 16.8 Å². The number of rotatable bonds is 6. The van der Waals surface area contributed by atoms with Crippen LogP contribution in [-0.2, 0) is 15.6 Å². The van der Waals surface area contributed by atoms with Crippen molar-refractivity contribution < 1.29 is 14.1 Å². The fourth-order valence-electron chi connectivity index (χ4n) is 2.18. The van der Waals surface area contributed by atoms with Crippen molar-refractivity contribution in [2.24, 2.45) is 5.92 Å². The first-order valence-electron chi connectivity index (χ1n) is 5.86. The van der Waals surface area contributed by atoms with Gasteiger partial charge in [0, 0.05) is 28.9 Å². The van der Waals surface area contributed by atoms with Gasteiger partial charge in [0.2, 0.25) is 0 Å². The quantitative estimate of drug-likeness (QED) is 0.687. The van der Waals surface area contributed by atoms with Gasteiger partial charge < -0.3 is 10.4 Å². The normalized spacial score (nSPS) is 27.6. The van der Waals surface area contributed by atoms with Crippen LogP contribution in [0.3, 0.4) is 0 Å². The summed E-state index contributed by atoms with van der Waals surface area (Å²) in [6.45, 7) is 0.844. The molecule has 1 aliphatic carbocycles. The van der Waals surface area contributed by atoms with Gasteiger partial charge in [0.15, 0.2) is 0 Å². The van der Waals surface area contributed by atoms with E-state index in [2.05, 4.69) is 5.32 Å². The Hall–Kier alpha value is -0.420. The van der Waals surface area contributed by atoms with Gasteiger partial charge in [-0.15, -0.1) is 0 Å². The summed E-state index contributed by atoms with van der Waals surface area (Å²) in [5.41, 5.74) is 0. The molecule has 0 heterocycles. The van der Waals surface area contributed by atoms with Gasteiger partial charge in [-0.25, -0.2) is 0 Å². The Balaban J connectivity index is 2.17. The Bertz CT molecular complexity index is 258. The maximum absolute atomic E-state index is 10.9. The largest absolute Gasteiger partial charge is 0.481 e. The lowest BCUT2D eigenvalue weighted by molar-refractivity contribution is -0.143. The van der Waals surface area contributed by atoms with Crippen molar-refractivity contribution in [2.45, 2.75) is 38.1 Å². The average Bonchev–Trinajstić information content (AvgIpc) is 2.24. The summed E-state index contributed by atoms with van der Waals surface area (Å²) < 4.78 is 10.8. The van der Waals surface area contributed by atoms with Crippen LogP contribution >= 0.6 is 0 Å².